The van der Waals surface area contributed by atoms with E-state index in [2.05, 4.69) is 20.8 Å². The number of aromatic nitrogens is 2. The molecule has 2 unspecified atom stereocenters. The molecule has 1 aromatic rings. The van der Waals surface area contributed by atoms with E-state index >= 15 is 0 Å². The van der Waals surface area contributed by atoms with E-state index in [0.717, 1.165) is 0 Å². The van der Waals surface area contributed by atoms with Crippen molar-refractivity contribution in [1.29, 1.82) is 0 Å². The van der Waals surface area contributed by atoms with E-state index in [1.54, 1.807) is 6.26 Å². The Balaban J connectivity index is 2.38. The summed E-state index contributed by atoms with van der Waals surface area (Å²) in [6.07, 6.45) is 1.68. The van der Waals surface area contributed by atoms with E-state index < -0.39 is 10.8 Å². The number of nitrogens with zero attached hydrogens (tertiary/aromatic N) is 2. The monoisotopic (exact) mass is 260 g/mol. The first-order chi connectivity index (χ1) is 7.99. The number of hydrogen-bond acceptors (Lipinski definition) is 6. The summed E-state index contributed by atoms with van der Waals surface area (Å²) < 4.78 is 16.5. The van der Waals surface area contributed by atoms with Crippen LogP contribution in [0.3, 0.4) is 0 Å². The highest BCUT2D eigenvalue weighted by Gasteiger charge is 2.09. The summed E-state index contributed by atoms with van der Waals surface area (Å²) >= 11 is 0. The smallest absolute Gasteiger partial charge is 0.315 e. The Morgan fingerprint density at radius 3 is 2.65 bits per heavy atom. The predicted octanol–water partition coefficient (Wildman–Crippen LogP) is 0.746. The Labute approximate surface area is 104 Å². The highest BCUT2D eigenvalue weighted by Crippen LogP contribution is 2.06. The standard InChI is InChI=1S/C10H20N4O2S/c1-7(2)11-6-9-13-14-10(16-9)12-5-8(3)17(4)15/h7-8,11H,5-6H2,1-4H3,(H,12,14). The molecule has 1 aromatic heterocycles. The van der Waals surface area contributed by atoms with Crippen LogP contribution >= 0.6 is 0 Å². The average molecular weight is 260 g/mol. The van der Waals surface area contributed by atoms with Crippen molar-refractivity contribution in [2.24, 2.45) is 0 Å². The van der Waals surface area contributed by atoms with Gasteiger partial charge in [-0.2, -0.15) is 0 Å². The van der Waals surface area contributed by atoms with E-state index in [-0.39, 0.29) is 5.25 Å². The molecular formula is C10H20N4O2S. The van der Waals surface area contributed by atoms with Crippen molar-refractivity contribution in [3.05, 3.63) is 5.89 Å². The van der Waals surface area contributed by atoms with Crippen molar-refractivity contribution in [3.8, 4) is 0 Å². The van der Waals surface area contributed by atoms with Gasteiger partial charge >= 0.3 is 6.01 Å². The van der Waals surface area contributed by atoms with Gasteiger partial charge < -0.3 is 15.1 Å². The summed E-state index contributed by atoms with van der Waals surface area (Å²) in [5.41, 5.74) is 0. The highest BCUT2D eigenvalue weighted by atomic mass is 32.2. The van der Waals surface area contributed by atoms with Crippen LogP contribution in [0, 0.1) is 0 Å². The van der Waals surface area contributed by atoms with Crippen molar-refractivity contribution in [1.82, 2.24) is 15.5 Å². The van der Waals surface area contributed by atoms with Crippen molar-refractivity contribution in [2.75, 3.05) is 18.1 Å². The molecule has 6 nitrogen and oxygen atoms in total. The van der Waals surface area contributed by atoms with Crippen molar-refractivity contribution < 1.29 is 8.63 Å². The number of anilines is 1. The summed E-state index contributed by atoms with van der Waals surface area (Å²) in [5.74, 6) is 0.548. The van der Waals surface area contributed by atoms with Crippen LogP contribution in [0.25, 0.3) is 0 Å². The van der Waals surface area contributed by atoms with Gasteiger partial charge in [-0.1, -0.05) is 18.9 Å². The van der Waals surface area contributed by atoms with Crippen molar-refractivity contribution >= 4 is 16.8 Å². The first-order valence-corrected chi connectivity index (χ1v) is 7.23. The normalized spacial score (nSPS) is 14.9. The van der Waals surface area contributed by atoms with Crippen molar-refractivity contribution in [3.63, 3.8) is 0 Å². The molecule has 98 valence electrons. The summed E-state index contributed by atoms with van der Waals surface area (Å²) in [6, 6.07) is 0.753. The maximum atomic E-state index is 11.1. The zero-order valence-corrected chi connectivity index (χ0v) is 11.5. The molecule has 1 rings (SSSR count). The zero-order valence-electron chi connectivity index (χ0n) is 10.7. The second-order valence-corrected chi connectivity index (χ2v) is 6.03. The minimum Gasteiger partial charge on any atom is -0.407 e. The highest BCUT2D eigenvalue weighted by molar-refractivity contribution is 7.84. The number of rotatable bonds is 7. The molecule has 17 heavy (non-hydrogen) atoms. The quantitative estimate of drug-likeness (QED) is 0.753. The van der Waals surface area contributed by atoms with E-state index in [0.29, 0.717) is 31.0 Å². The molecule has 0 aliphatic heterocycles. The largest absolute Gasteiger partial charge is 0.407 e. The molecule has 0 aliphatic rings. The van der Waals surface area contributed by atoms with Gasteiger partial charge in [0.25, 0.3) is 0 Å². The van der Waals surface area contributed by atoms with Crippen LogP contribution in [0.2, 0.25) is 0 Å². The Bertz CT molecular complexity index is 367. The lowest BCUT2D eigenvalue weighted by Crippen LogP contribution is -2.22. The van der Waals surface area contributed by atoms with Gasteiger partial charge in [-0.05, 0) is 6.92 Å². The lowest BCUT2D eigenvalue weighted by atomic mass is 10.4. The molecule has 2 N–H and O–H groups in total. The third kappa shape index (κ3) is 5.27. The van der Waals surface area contributed by atoms with Gasteiger partial charge in [0.15, 0.2) is 0 Å². The van der Waals surface area contributed by atoms with Crippen LogP contribution in [0.1, 0.15) is 26.7 Å². The maximum absolute atomic E-state index is 11.1. The van der Waals surface area contributed by atoms with Gasteiger partial charge in [0.2, 0.25) is 5.89 Å². The molecule has 0 aliphatic carbocycles. The zero-order chi connectivity index (χ0) is 12.8. The third-order valence-corrected chi connectivity index (χ3v) is 3.54. The van der Waals surface area contributed by atoms with Gasteiger partial charge in [-0.25, -0.2) is 0 Å². The first kappa shape index (κ1) is 14.1. The molecule has 0 amide bonds. The lowest BCUT2D eigenvalue weighted by Gasteiger charge is -2.07. The van der Waals surface area contributed by atoms with Gasteiger partial charge in [0.05, 0.1) is 6.54 Å². The maximum Gasteiger partial charge on any atom is 0.315 e. The molecule has 0 bridgehead atoms. The summed E-state index contributed by atoms with van der Waals surface area (Å²) in [4.78, 5) is 0. The molecular weight excluding hydrogens is 240 g/mol. The van der Waals surface area contributed by atoms with Crippen LogP contribution in [0.15, 0.2) is 4.42 Å². The van der Waals surface area contributed by atoms with Gasteiger partial charge in [-0.15, -0.1) is 5.10 Å². The van der Waals surface area contributed by atoms with Crippen LogP contribution < -0.4 is 10.6 Å². The Hall–Kier alpha value is -0.950. The predicted molar refractivity (Wildman–Crippen MR) is 68.3 cm³/mol. The second-order valence-electron chi connectivity index (χ2n) is 4.23. The van der Waals surface area contributed by atoms with Gasteiger partial charge in [0.1, 0.15) is 0 Å². The first-order valence-electron chi connectivity index (χ1n) is 5.61. The fourth-order valence-electron chi connectivity index (χ4n) is 1.04. The molecule has 0 fully saturated rings. The van der Waals surface area contributed by atoms with E-state index in [1.807, 2.05) is 20.8 Å². The fourth-order valence-corrected chi connectivity index (χ4v) is 1.35. The molecule has 2 atom stereocenters. The van der Waals surface area contributed by atoms with Crippen LogP contribution in [-0.2, 0) is 17.3 Å². The number of hydrogen-bond donors (Lipinski definition) is 2. The molecule has 0 saturated heterocycles. The summed E-state index contributed by atoms with van der Waals surface area (Å²) in [6.45, 7) is 7.12. The second kappa shape index (κ2) is 6.70. The van der Waals surface area contributed by atoms with Gasteiger partial charge in [0, 0.05) is 34.9 Å². The van der Waals surface area contributed by atoms with Crippen LogP contribution in [0.5, 0.6) is 0 Å². The summed E-state index contributed by atoms with van der Waals surface area (Å²) in [7, 11) is -0.851. The Morgan fingerprint density at radius 1 is 1.35 bits per heavy atom. The molecule has 0 saturated carbocycles. The fraction of sp³-hybridized carbons (Fsp3) is 0.800. The van der Waals surface area contributed by atoms with Gasteiger partial charge in [-0.3, -0.25) is 4.21 Å². The van der Waals surface area contributed by atoms with Crippen molar-refractivity contribution in [2.45, 2.75) is 38.6 Å². The molecule has 1 heterocycles. The van der Waals surface area contributed by atoms with Crippen LogP contribution in [-0.4, -0.2) is 38.5 Å². The van der Waals surface area contributed by atoms with E-state index in [9.17, 15) is 4.21 Å². The minimum atomic E-state index is -0.851. The molecule has 0 aromatic carbocycles. The van der Waals surface area contributed by atoms with E-state index in [1.165, 1.54) is 0 Å². The molecule has 0 spiro atoms. The Morgan fingerprint density at radius 2 is 2.06 bits per heavy atom. The third-order valence-electron chi connectivity index (χ3n) is 2.24. The molecule has 7 heteroatoms. The Kier molecular flexibility index (Phi) is 5.57. The lowest BCUT2D eigenvalue weighted by molar-refractivity contribution is 0.458. The minimum absolute atomic E-state index is 0.0548. The molecule has 0 radical (unpaired) electrons. The van der Waals surface area contributed by atoms with E-state index in [4.69, 9.17) is 4.42 Å². The topological polar surface area (TPSA) is 80.0 Å². The average Bonchev–Trinajstić information content (AvgIpc) is 2.70. The summed E-state index contributed by atoms with van der Waals surface area (Å²) in [5, 5.41) is 14.0. The SMILES string of the molecule is CC(C)NCc1nnc(NCC(C)S(C)=O)o1. The number of nitrogens with one attached hydrogen (secondary N) is 2. The van der Waals surface area contributed by atoms with Crippen LogP contribution in [0.4, 0.5) is 6.01 Å².